The highest BCUT2D eigenvalue weighted by atomic mass is 16.4. The molecule has 0 aliphatic rings. The number of fused-ring (bicyclic) bond motifs is 1. The number of H-pyrrole nitrogens is 1. The minimum absolute atomic E-state index is 0.444. The Kier molecular flexibility index (Phi) is 2.85. The van der Waals surface area contributed by atoms with E-state index in [4.69, 9.17) is 0 Å². The number of hydrogen-bond donors (Lipinski definition) is 3. The van der Waals surface area contributed by atoms with Crippen LogP contribution in [0.4, 0.5) is 0 Å². The Bertz CT molecular complexity index is 737. The predicted molar refractivity (Wildman–Crippen MR) is 76.1 cm³/mol. The van der Waals surface area contributed by atoms with Gasteiger partial charge in [-0.05, 0) is 24.0 Å². The summed E-state index contributed by atoms with van der Waals surface area (Å²) in [5.74, 6) is 0.646. The molecule has 19 heavy (non-hydrogen) atoms. The molecule has 0 fully saturated rings. The molecule has 1 aromatic heterocycles. The first-order valence-corrected chi connectivity index (χ1v) is 6.07. The summed E-state index contributed by atoms with van der Waals surface area (Å²) in [5, 5.41) is 18.8. The van der Waals surface area contributed by atoms with E-state index in [1.165, 1.54) is 0 Å². The maximum Gasteiger partial charge on any atom is 0.489 e. The van der Waals surface area contributed by atoms with Crippen LogP contribution in [0, 0.1) is 6.92 Å². The van der Waals surface area contributed by atoms with Crippen molar-refractivity contribution in [3.8, 4) is 11.4 Å². The van der Waals surface area contributed by atoms with Crippen molar-refractivity contribution >= 4 is 23.6 Å². The van der Waals surface area contributed by atoms with E-state index >= 15 is 0 Å². The fourth-order valence-corrected chi connectivity index (χ4v) is 2.24. The lowest BCUT2D eigenvalue weighted by molar-refractivity contribution is 0.426. The molecule has 3 N–H and O–H groups in total. The van der Waals surface area contributed by atoms with Crippen molar-refractivity contribution in [1.29, 1.82) is 0 Å². The molecular weight excluding hydrogens is 239 g/mol. The van der Waals surface area contributed by atoms with E-state index in [1.54, 1.807) is 12.1 Å². The van der Waals surface area contributed by atoms with Crippen LogP contribution in [0.2, 0.25) is 0 Å². The number of benzene rings is 2. The number of aryl methyl sites for hydroxylation is 1. The van der Waals surface area contributed by atoms with E-state index in [2.05, 4.69) is 9.97 Å². The second-order valence-corrected chi connectivity index (χ2v) is 4.52. The molecule has 0 atom stereocenters. The largest absolute Gasteiger partial charge is 0.489 e. The first-order chi connectivity index (χ1) is 9.16. The van der Waals surface area contributed by atoms with Crippen LogP contribution >= 0.6 is 0 Å². The average Bonchev–Trinajstić information content (AvgIpc) is 2.84. The fourth-order valence-electron chi connectivity index (χ4n) is 2.24. The minimum Gasteiger partial charge on any atom is -0.423 e. The predicted octanol–water partition coefficient (Wildman–Crippen LogP) is 1.22. The first kappa shape index (κ1) is 12.0. The van der Waals surface area contributed by atoms with Crippen LogP contribution in [0.25, 0.3) is 22.4 Å². The Hall–Kier alpha value is -2.11. The molecular formula is C14H13BN2O2. The van der Waals surface area contributed by atoms with Gasteiger partial charge in [-0.15, -0.1) is 0 Å². The number of aromatic nitrogens is 2. The zero-order valence-corrected chi connectivity index (χ0v) is 10.5. The minimum atomic E-state index is -1.51. The Morgan fingerprint density at radius 3 is 2.58 bits per heavy atom. The third kappa shape index (κ3) is 2.03. The summed E-state index contributed by atoms with van der Waals surface area (Å²) in [6.07, 6.45) is 0. The molecule has 0 bridgehead atoms. The van der Waals surface area contributed by atoms with Gasteiger partial charge in [-0.2, -0.15) is 0 Å². The molecule has 5 heteroatoms. The number of rotatable bonds is 2. The van der Waals surface area contributed by atoms with Crippen LogP contribution in [0.1, 0.15) is 5.56 Å². The first-order valence-electron chi connectivity index (χ1n) is 6.07. The lowest BCUT2D eigenvalue weighted by Gasteiger charge is -2.05. The number of hydrogen-bond acceptors (Lipinski definition) is 3. The summed E-state index contributed by atoms with van der Waals surface area (Å²) < 4.78 is 0. The van der Waals surface area contributed by atoms with Crippen LogP contribution in [0.3, 0.4) is 0 Å². The van der Waals surface area contributed by atoms with Gasteiger partial charge in [0, 0.05) is 5.56 Å². The summed E-state index contributed by atoms with van der Waals surface area (Å²) in [7, 11) is -1.51. The quantitative estimate of drug-likeness (QED) is 0.600. The Morgan fingerprint density at radius 1 is 1.05 bits per heavy atom. The van der Waals surface area contributed by atoms with Crippen LogP contribution in [-0.4, -0.2) is 27.1 Å². The van der Waals surface area contributed by atoms with E-state index in [0.717, 1.165) is 16.6 Å². The van der Waals surface area contributed by atoms with Gasteiger partial charge in [-0.3, -0.25) is 0 Å². The highest BCUT2D eigenvalue weighted by molar-refractivity contribution is 6.60. The summed E-state index contributed by atoms with van der Waals surface area (Å²) >= 11 is 0. The molecule has 0 unspecified atom stereocenters. The summed E-state index contributed by atoms with van der Waals surface area (Å²) in [6.45, 7) is 2.00. The standard InChI is InChI=1S/C14H13BN2O2/c1-9-5-4-8-12-13(9)17-14(16-12)10-6-2-3-7-11(10)15(18)19/h2-8,18-19H,1H3,(H,16,17). The van der Waals surface area contributed by atoms with E-state index in [-0.39, 0.29) is 0 Å². The van der Waals surface area contributed by atoms with E-state index in [9.17, 15) is 10.0 Å². The van der Waals surface area contributed by atoms with E-state index in [0.29, 0.717) is 16.9 Å². The number of nitrogens with zero attached hydrogens (tertiary/aromatic N) is 1. The molecule has 0 spiro atoms. The third-order valence-electron chi connectivity index (χ3n) is 3.21. The number of nitrogens with one attached hydrogen (secondary N) is 1. The molecule has 4 nitrogen and oxygen atoms in total. The van der Waals surface area contributed by atoms with E-state index < -0.39 is 7.12 Å². The zero-order chi connectivity index (χ0) is 13.4. The zero-order valence-electron chi connectivity index (χ0n) is 10.5. The second-order valence-electron chi connectivity index (χ2n) is 4.52. The molecule has 2 aromatic carbocycles. The maximum atomic E-state index is 9.41. The van der Waals surface area contributed by atoms with Crippen molar-refractivity contribution in [3.05, 3.63) is 48.0 Å². The summed E-state index contributed by atoms with van der Waals surface area (Å²) in [4.78, 5) is 7.76. The van der Waals surface area contributed by atoms with Gasteiger partial charge >= 0.3 is 7.12 Å². The second kappa shape index (κ2) is 4.53. The molecule has 1 heterocycles. The number of imidazole rings is 1. The van der Waals surface area contributed by atoms with Gasteiger partial charge in [0.05, 0.1) is 11.0 Å². The highest BCUT2D eigenvalue weighted by Crippen LogP contribution is 2.21. The SMILES string of the molecule is Cc1cccc2[nH]c(-c3ccccc3B(O)O)nc12. The van der Waals surface area contributed by atoms with Gasteiger partial charge < -0.3 is 15.0 Å². The number of para-hydroxylation sites is 1. The van der Waals surface area contributed by atoms with Crippen molar-refractivity contribution in [2.24, 2.45) is 0 Å². The van der Waals surface area contributed by atoms with Gasteiger partial charge in [0.1, 0.15) is 5.82 Å². The lowest BCUT2D eigenvalue weighted by Crippen LogP contribution is -2.31. The molecule has 0 aliphatic heterocycles. The van der Waals surface area contributed by atoms with Gasteiger partial charge in [0.15, 0.2) is 0 Å². The van der Waals surface area contributed by atoms with Crippen LogP contribution < -0.4 is 5.46 Å². The monoisotopic (exact) mass is 252 g/mol. The van der Waals surface area contributed by atoms with Crippen molar-refractivity contribution in [2.75, 3.05) is 0 Å². The molecule has 3 aromatic rings. The molecule has 0 amide bonds. The Balaban J connectivity index is 2.22. The summed E-state index contributed by atoms with van der Waals surface area (Å²) in [6, 6.07) is 13.0. The van der Waals surface area contributed by atoms with Crippen LogP contribution in [-0.2, 0) is 0 Å². The van der Waals surface area contributed by atoms with Crippen molar-refractivity contribution < 1.29 is 10.0 Å². The van der Waals surface area contributed by atoms with Crippen molar-refractivity contribution in [1.82, 2.24) is 9.97 Å². The fraction of sp³-hybridized carbons (Fsp3) is 0.0714. The van der Waals surface area contributed by atoms with Crippen molar-refractivity contribution in [2.45, 2.75) is 6.92 Å². The maximum absolute atomic E-state index is 9.41. The topological polar surface area (TPSA) is 69.1 Å². The molecule has 94 valence electrons. The molecule has 0 aliphatic carbocycles. The van der Waals surface area contributed by atoms with Crippen LogP contribution in [0.5, 0.6) is 0 Å². The number of aromatic amines is 1. The molecule has 0 saturated carbocycles. The molecule has 0 radical (unpaired) electrons. The van der Waals surface area contributed by atoms with Crippen LogP contribution in [0.15, 0.2) is 42.5 Å². The summed E-state index contributed by atoms with van der Waals surface area (Å²) in [5.41, 5.74) is 4.08. The van der Waals surface area contributed by atoms with Gasteiger partial charge in [-0.25, -0.2) is 4.98 Å². The third-order valence-corrected chi connectivity index (χ3v) is 3.21. The Labute approximate surface area is 110 Å². The normalized spacial score (nSPS) is 10.9. The average molecular weight is 252 g/mol. The van der Waals surface area contributed by atoms with Gasteiger partial charge in [-0.1, -0.05) is 36.4 Å². The smallest absolute Gasteiger partial charge is 0.423 e. The molecule has 0 saturated heterocycles. The van der Waals surface area contributed by atoms with Gasteiger partial charge in [0.25, 0.3) is 0 Å². The van der Waals surface area contributed by atoms with Crippen molar-refractivity contribution in [3.63, 3.8) is 0 Å². The van der Waals surface area contributed by atoms with Gasteiger partial charge in [0.2, 0.25) is 0 Å². The lowest BCUT2D eigenvalue weighted by atomic mass is 9.77. The Morgan fingerprint density at radius 2 is 1.84 bits per heavy atom. The molecule has 3 rings (SSSR count). The van der Waals surface area contributed by atoms with E-state index in [1.807, 2.05) is 37.3 Å². The highest BCUT2D eigenvalue weighted by Gasteiger charge is 2.18.